The number of nitrogens with zero attached hydrogens (tertiary/aromatic N) is 1. The third-order valence-corrected chi connectivity index (χ3v) is 4.26. The molecule has 136 valence electrons. The minimum absolute atomic E-state index is 0.611. The largest absolute Gasteiger partial charge is 0.497 e. The van der Waals surface area contributed by atoms with Gasteiger partial charge in [0.2, 0.25) is 0 Å². The molecule has 2 aromatic carbocycles. The summed E-state index contributed by atoms with van der Waals surface area (Å²) < 4.78 is 5.27. The highest BCUT2D eigenvalue weighted by molar-refractivity contribution is 5.83. The Bertz CT molecular complexity index is 869. The Morgan fingerprint density at radius 2 is 2.00 bits per heavy atom. The van der Waals surface area contributed by atoms with E-state index in [0.717, 1.165) is 36.8 Å². The molecule has 3 rings (SSSR count). The highest BCUT2D eigenvalue weighted by Crippen LogP contribution is 2.17. The number of methoxy groups -OCH3 is 1. The zero-order chi connectivity index (χ0) is 18.2. The normalized spacial score (nSPS) is 11.5. The fraction of sp³-hybridized carbons (Fsp3) is 0.286. The molecule has 0 aliphatic rings. The van der Waals surface area contributed by atoms with Gasteiger partial charge in [-0.15, -0.1) is 0 Å². The molecule has 0 saturated heterocycles. The first kappa shape index (κ1) is 17.9. The predicted octanol–water partition coefficient (Wildman–Crippen LogP) is 3.47. The van der Waals surface area contributed by atoms with E-state index in [1.807, 2.05) is 18.2 Å². The van der Waals surface area contributed by atoms with Crippen LogP contribution in [0.15, 0.2) is 59.7 Å². The summed E-state index contributed by atoms with van der Waals surface area (Å²) >= 11 is 0. The molecule has 0 fully saturated rings. The van der Waals surface area contributed by atoms with Crippen LogP contribution in [0.4, 0.5) is 0 Å². The highest BCUT2D eigenvalue weighted by Gasteiger charge is 2.04. The molecule has 0 saturated carbocycles. The molecule has 26 heavy (non-hydrogen) atoms. The molecule has 0 unspecified atom stereocenters. The molecule has 5 nitrogen and oxygen atoms in total. The number of nitrogens with one attached hydrogen (secondary N) is 3. The maximum absolute atomic E-state index is 5.27. The number of guanidine groups is 1. The van der Waals surface area contributed by atoms with Crippen molar-refractivity contribution in [3.8, 4) is 5.75 Å². The first-order valence-corrected chi connectivity index (χ1v) is 9.00. The maximum Gasteiger partial charge on any atom is 0.191 e. The second kappa shape index (κ2) is 8.94. The van der Waals surface area contributed by atoms with Crippen molar-refractivity contribution in [3.05, 3.63) is 65.9 Å². The van der Waals surface area contributed by atoms with Crippen LogP contribution in [0.2, 0.25) is 0 Å². The van der Waals surface area contributed by atoms with Crippen molar-refractivity contribution in [2.24, 2.45) is 4.99 Å². The Balaban J connectivity index is 1.59. The number of ether oxygens (including phenoxy) is 1. The van der Waals surface area contributed by atoms with E-state index >= 15 is 0 Å². The van der Waals surface area contributed by atoms with Crippen molar-refractivity contribution in [2.75, 3.05) is 20.2 Å². The molecule has 0 aliphatic heterocycles. The van der Waals surface area contributed by atoms with Crippen LogP contribution in [0.25, 0.3) is 10.9 Å². The Morgan fingerprint density at radius 3 is 2.85 bits per heavy atom. The molecule has 0 spiro atoms. The molecule has 3 aromatic rings. The van der Waals surface area contributed by atoms with Gasteiger partial charge >= 0.3 is 0 Å². The van der Waals surface area contributed by atoms with Crippen molar-refractivity contribution < 1.29 is 4.74 Å². The first-order valence-electron chi connectivity index (χ1n) is 9.00. The summed E-state index contributed by atoms with van der Waals surface area (Å²) in [6.07, 6.45) is 3.03. The van der Waals surface area contributed by atoms with Crippen molar-refractivity contribution in [3.63, 3.8) is 0 Å². The molecular formula is C21H26N4O. The number of fused-ring (bicyclic) bond motifs is 1. The molecule has 3 N–H and O–H groups in total. The summed E-state index contributed by atoms with van der Waals surface area (Å²) in [5, 5.41) is 8.00. The van der Waals surface area contributed by atoms with Crippen LogP contribution in [0.5, 0.6) is 5.75 Å². The monoisotopic (exact) mass is 350 g/mol. The second-order valence-corrected chi connectivity index (χ2v) is 6.08. The number of H-pyrrole nitrogens is 1. The van der Waals surface area contributed by atoms with E-state index in [4.69, 9.17) is 4.74 Å². The van der Waals surface area contributed by atoms with E-state index in [0.29, 0.717) is 6.54 Å². The molecule has 1 heterocycles. The van der Waals surface area contributed by atoms with Gasteiger partial charge in [0.05, 0.1) is 13.7 Å². The van der Waals surface area contributed by atoms with Gasteiger partial charge in [0.15, 0.2) is 5.96 Å². The van der Waals surface area contributed by atoms with Gasteiger partial charge in [0.25, 0.3) is 0 Å². The van der Waals surface area contributed by atoms with E-state index in [1.54, 1.807) is 7.11 Å². The van der Waals surface area contributed by atoms with Crippen LogP contribution in [0.1, 0.15) is 18.1 Å². The summed E-state index contributed by atoms with van der Waals surface area (Å²) in [6, 6.07) is 16.4. The number of hydrogen-bond acceptors (Lipinski definition) is 2. The number of para-hydroxylation sites is 1. The molecular weight excluding hydrogens is 324 g/mol. The van der Waals surface area contributed by atoms with Gasteiger partial charge in [-0.05, 0) is 42.7 Å². The summed E-state index contributed by atoms with van der Waals surface area (Å²) in [4.78, 5) is 7.99. The smallest absolute Gasteiger partial charge is 0.191 e. The second-order valence-electron chi connectivity index (χ2n) is 6.08. The number of hydrogen-bond donors (Lipinski definition) is 3. The lowest BCUT2D eigenvalue weighted by atomic mass is 10.1. The van der Waals surface area contributed by atoms with Crippen molar-refractivity contribution in [2.45, 2.75) is 19.9 Å². The third-order valence-electron chi connectivity index (χ3n) is 4.26. The van der Waals surface area contributed by atoms with E-state index < -0.39 is 0 Å². The molecule has 0 amide bonds. The minimum Gasteiger partial charge on any atom is -0.497 e. The molecule has 1 aromatic heterocycles. The van der Waals surface area contributed by atoms with Gasteiger partial charge < -0.3 is 20.4 Å². The molecule has 5 heteroatoms. The Labute approximate surface area is 154 Å². The number of rotatable bonds is 7. The summed E-state index contributed by atoms with van der Waals surface area (Å²) in [7, 11) is 1.68. The van der Waals surface area contributed by atoms with E-state index in [9.17, 15) is 0 Å². The van der Waals surface area contributed by atoms with Gasteiger partial charge in [0.1, 0.15) is 5.75 Å². The Kier molecular flexibility index (Phi) is 6.14. The fourth-order valence-corrected chi connectivity index (χ4v) is 2.94. The minimum atomic E-state index is 0.611. The topological polar surface area (TPSA) is 61.4 Å². The SMILES string of the molecule is CCNC(=NCc1cccc(OC)c1)NCCc1c[nH]c2ccccc12. The van der Waals surface area contributed by atoms with Gasteiger partial charge in [-0.25, -0.2) is 4.99 Å². The van der Waals surface area contributed by atoms with E-state index in [-0.39, 0.29) is 0 Å². The van der Waals surface area contributed by atoms with E-state index in [2.05, 4.69) is 64.1 Å². The Hall–Kier alpha value is -2.95. The van der Waals surface area contributed by atoms with Crippen LogP contribution < -0.4 is 15.4 Å². The number of aliphatic imine (C=N–C) groups is 1. The van der Waals surface area contributed by atoms with E-state index in [1.165, 1.54) is 16.5 Å². The number of aromatic nitrogens is 1. The summed E-state index contributed by atoms with van der Waals surface area (Å²) in [5.74, 6) is 1.69. The standard InChI is InChI=1S/C21H26N4O/c1-3-22-21(25-14-16-7-6-8-18(13-16)26-2)23-12-11-17-15-24-20-10-5-4-9-19(17)20/h4-10,13,15,24H,3,11-12,14H2,1-2H3,(H2,22,23,25). The maximum atomic E-state index is 5.27. The molecule has 0 bridgehead atoms. The van der Waals surface area contributed by atoms with Crippen LogP contribution in [-0.2, 0) is 13.0 Å². The van der Waals surface area contributed by atoms with Gasteiger partial charge in [-0.3, -0.25) is 0 Å². The molecule has 0 aliphatic carbocycles. The third kappa shape index (κ3) is 4.57. The lowest BCUT2D eigenvalue weighted by molar-refractivity contribution is 0.414. The van der Waals surface area contributed by atoms with Crippen LogP contribution in [0.3, 0.4) is 0 Å². The lowest BCUT2D eigenvalue weighted by Gasteiger charge is -2.11. The quantitative estimate of drug-likeness (QED) is 0.452. The van der Waals surface area contributed by atoms with Crippen molar-refractivity contribution >= 4 is 16.9 Å². The molecule has 0 radical (unpaired) electrons. The highest BCUT2D eigenvalue weighted by atomic mass is 16.5. The zero-order valence-electron chi connectivity index (χ0n) is 15.4. The van der Waals surface area contributed by atoms with Gasteiger partial charge in [-0.1, -0.05) is 30.3 Å². The average molecular weight is 350 g/mol. The fourth-order valence-electron chi connectivity index (χ4n) is 2.94. The van der Waals surface area contributed by atoms with Crippen molar-refractivity contribution in [1.29, 1.82) is 0 Å². The first-order chi connectivity index (χ1) is 12.8. The van der Waals surface area contributed by atoms with Crippen LogP contribution in [-0.4, -0.2) is 31.1 Å². The number of aromatic amines is 1. The number of benzene rings is 2. The van der Waals surface area contributed by atoms with Crippen molar-refractivity contribution in [1.82, 2.24) is 15.6 Å². The summed E-state index contributed by atoms with van der Waals surface area (Å²) in [6.45, 7) is 4.34. The van der Waals surface area contributed by atoms with Gasteiger partial charge in [0, 0.05) is 30.2 Å². The predicted molar refractivity (Wildman–Crippen MR) is 108 cm³/mol. The summed E-state index contributed by atoms with van der Waals surface area (Å²) in [5.41, 5.74) is 3.62. The van der Waals surface area contributed by atoms with Crippen LogP contribution >= 0.6 is 0 Å². The zero-order valence-corrected chi connectivity index (χ0v) is 15.4. The Morgan fingerprint density at radius 1 is 1.12 bits per heavy atom. The lowest BCUT2D eigenvalue weighted by Crippen LogP contribution is -2.38. The molecule has 0 atom stereocenters. The van der Waals surface area contributed by atoms with Gasteiger partial charge in [-0.2, -0.15) is 0 Å². The average Bonchev–Trinajstić information content (AvgIpc) is 3.09. The van der Waals surface area contributed by atoms with Crippen LogP contribution in [0, 0.1) is 0 Å².